The molecule has 1 aromatic heterocycles. The van der Waals surface area contributed by atoms with Gasteiger partial charge in [-0.1, -0.05) is 0 Å². The number of carboxylic acid groups (broad SMARTS) is 1. The fourth-order valence-electron chi connectivity index (χ4n) is 2.89. The molecule has 0 bridgehead atoms. The number of H-pyrrole nitrogens is 1. The highest BCUT2D eigenvalue weighted by Crippen LogP contribution is 2.12. The van der Waals surface area contributed by atoms with Crippen LogP contribution < -0.4 is 10.5 Å². The van der Waals surface area contributed by atoms with E-state index in [0.29, 0.717) is 43.5 Å². The zero-order chi connectivity index (χ0) is 19.3. The lowest BCUT2D eigenvalue weighted by Gasteiger charge is -2.27. The molecule has 0 saturated carbocycles. The minimum atomic E-state index is -1.06. The normalized spacial score (nSPS) is 14.5. The summed E-state index contributed by atoms with van der Waals surface area (Å²) >= 11 is 0. The SMILES string of the molecule is Cc1nc(N2CCOCC2)[nH]c(=O)c1CCC(=O)N(CC(=O)O)C(C)C. The highest BCUT2D eigenvalue weighted by atomic mass is 16.5. The van der Waals surface area contributed by atoms with Crippen LogP contribution >= 0.6 is 0 Å². The van der Waals surface area contributed by atoms with Crippen LogP contribution in [0.4, 0.5) is 5.95 Å². The van der Waals surface area contributed by atoms with E-state index in [1.54, 1.807) is 20.8 Å². The fraction of sp³-hybridized carbons (Fsp3) is 0.647. The first-order valence-electron chi connectivity index (χ1n) is 8.73. The van der Waals surface area contributed by atoms with Gasteiger partial charge in [-0.2, -0.15) is 0 Å². The molecule has 9 heteroatoms. The van der Waals surface area contributed by atoms with Crippen molar-refractivity contribution in [3.8, 4) is 0 Å². The molecule has 0 spiro atoms. The predicted octanol–water partition coefficient (Wildman–Crippen LogP) is 0.169. The Labute approximate surface area is 152 Å². The average Bonchev–Trinajstić information content (AvgIpc) is 2.59. The smallest absolute Gasteiger partial charge is 0.323 e. The molecule has 1 amide bonds. The quantitative estimate of drug-likeness (QED) is 0.706. The fourth-order valence-corrected chi connectivity index (χ4v) is 2.89. The maximum atomic E-state index is 12.4. The van der Waals surface area contributed by atoms with Crippen LogP contribution in [0.25, 0.3) is 0 Å². The number of hydrogen-bond donors (Lipinski definition) is 2. The van der Waals surface area contributed by atoms with Crippen molar-refractivity contribution in [1.82, 2.24) is 14.9 Å². The van der Waals surface area contributed by atoms with Crippen molar-refractivity contribution in [3.63, 3.8) is 0 Å². The number of amides is 1. The number of ether oxygens (including phenoxy) is 1. The highest BCUT2D eigenvalue weighted by molar-refractivity contribution is 5.81. The van der Waals surface area contributed by atoms with E-state index in [9.17, 15) is 14.4 Å². The molecule has 144 valence electrons. The largest absolute Gasteiger partial charge is 0.480 e. The van der Waals surface area contributed by atoms with Crippen LogP contribution in [-0.2, 0) is 20.7 Å². The van der Waals surface area contributed by atoms with E-state index in [0.717, 1.165) is 0 Å². The van der Waals surface area contributed by atoms with E-state index in [4.69, 9.17) is 9.84 Å². The lowest BCUT2D eigenvalue weighted by Crippen LogP contribution is -2.41. The second-order valence-electron chi connectivity index (χ2n) is 6.56. The average molecular weight is 366 g/mol. The third kappa shape index (κ3) is 5.04. The van der Waals surface area contributed by atoms with Crippen molar-refractivity contribution in [1.29, 1.82) is 0 Å². The summed E-state index contributed by atoms with van der Waals surface area (Å²) in [4.78, 5) is 46.2. The number of aryl methyl sites for hydroxylation is 1. The number of anilines is 1. The van der Waals surface area contributed by atoms with E-state index >= 15 is 0 Å². The number of rotatable bonds is 7. The van der Waals surface area contributed by atoms with Crippen molar-refractivity contribution in [2.24, 2.45) is 0 Å². The van der Waals surface area contributed by atoms with Gasteiger partial charge in [-0.3, -0.25) is 19.4 Å². The van der Waals surface area contributed by atoms with Gasteiger partial charge in [0.05, 0.1) is 13.2 Å². The predicted molar refractivity (Wildman–Crippen MR) is 95.4 cm³/mol. The summed E-state index contributed by atoms with van der Waals surface area (Å²) in [5.74, 6) is -0.836. The number of aromatic nitrogens is 2. The third-order valence-electron chi connectivity index (χ3n) is 4.36. The number of hydrogen-bond acceptors (Lipinski definition) is 6. The van der Waals surface area contributed by atoms with Gasteiger partial charge in [-0.15, -0.1) is 0 Å². The van der Waals surface area contributed by atoms with Gasteiger partial charge >= 0.3 is 5.97 Å². The lowest BCUT2D eigenvalue weighted by atomic mass is 10.1. The first-order valence-corrected chi connectivity index (χ1v) is 8.73. The van der Waals surface area contributed by atoms with E-state index in [-0.39, 0.29) is 36.9 Å². The van der Waals surface area contributed by atoms with Crippen LogP contribution in [0.15, 0.2) is 4.79 Å². The highest BCUT2D eigenvalue weighted by Gasteiger charge is 2.21. The van der Waals surface area contributed by atoms with Gasteiger partial charge in [-0.05, 0) is 27.2 Å². The Morgan fingerprint density at radius 1 is 1.35 bits per heavy atom. The molecule has 2 rings (SSSR count). The third-order valence-corrected chi connectivity index (χ3v) is 4.36. The maximum Gasteiger partial charge on any atom is 0.323 e. The summed E-state index contributed by atoms with van der Waals surface area (Å²) in [6.07, 6.45) is 0.285. The number of carbonyl (C=O) groups is 2. The van der Waals surface area contributed by atoms with Crippen molar-refractivity contribution in [2.45, 2.75) is 39.7 Å². The zero-order valence-electron chi connectivity index (χ0n) is 15.4. The molecule has 0 radical (unpaired) electrons. The minimum absolute atomic E-state index is 0.0635. The first kappa shape index (κ1) is 19.9. The molecule has 0 unspecified atom stereocenters. The van der Waals surface area contributed by atoms with Gasteiger partial charge in [0.15, 0.2) is 0 Å². The molecule has 0 aromatic carbocycles. The van der Waals surface area contributed by atoms with Gasteiger partial charge in [0, 0.05) is 36.8 Å². The Morgan fingerprint density at radius 3 is 2.54 bits per heavy atom. The van der Waals surface area contributed by atoms with Gasteiger partial charge < -0.3 is 19.6 Å². The van der Waals surface area contributed by atoms with Crippen LogP contribution in [0, 0.1) is 6.92 Å². The number of aromatic amines is 1. The van der Waals surface area contributed by atoms with Crippen LogP contribution in [0.1, 0.15) is 31.5 Å². The van der Waals surface area contributed by atoms with E-state index < -0.39 is 5.97 Å². The van der Waals surface area contributed by atoms with Crippen LogP contribution in [0.5, 0.6) is 0 Å². The number of nitrogens with one attached hydrogen (secondary N) is 1. The summed E-state index contributed by atoms with van der Waals surface area (Å²) in [5.41, 5.74) is 0.771. The molecule has 2 N–H and O–H groups in total. The summed E-state index contributed by atoms with van der Waals surface area (Å²) in [6.45, 7) is 7.43. The second-order valence-corrected chi connectivity index (χ2v) is 6.56. The van der Waals surface area contributed by atoms with Gasteiger partial charge in [-0.25, -0.2) is 4.98 Å². The molecule has 1 aliphatic rings. The summed E-state index contributed by atoms with van der Waals surface area (Å²) in [6, 6.07) is -0.222. The maximum absolute atomic E-state index is 12.4. The Morgan fingerprint density at radius 2 is 2.00 bits per heavy atom. The summed E-state index contributed by atoms with van der Waals surface area (Å²) in [5, 5.41) is 8.94. The lowest BCUT2D eigenvalue weighted by molar-refractivity contribution is -0.145. The van der Waals surface area contributed by atoms with Crippen molar-refractivity contribution in [2.75, 3.05) is 37.7 Å². The molecule has 2 heterocycles. The molecule has 9 nitrogen and oxygen atoms in total. The molecule has 1 aliphatic heterocycles. The standard InChI is InChI=1S/C17H26N4O5/c1-11(2)21(10-15(23)24)14(22)5-4-13-12(3)18-17(19-16(13)25)20-6-8-26-9-7-20/h11H,4-10H2,1-3H3,(H,23,24)(H,18,19,25). The zero-order valence-corrected chi connectivity index (χ0v) is 15.4. The van der Waals surface area contributed by atoms with E-state index in [2.05, 4.69) is 9.97 Å². The summed E-state index contributed by atoms with van der Waals surface area (Å²) in [7, 11) is 0. The minimum Gasteiger partial charge on any atom is -0.480 e. The van der Waals surface area contributed by atoms with Crippen LogP contribution in [0.3, 0.4) is 0 Å². The van der Waals surface area contributed by atoms with Gasteiger partial charge in [0.25, 0.3) is 5.56 Å². The number of carbonyl (C=O) groups excluding carboxylic acids is 1. The Bertz CT molecular complexity index is 710. The van der Waals surface area contributed by atoms with Crippen molar-refractivity contribution < 1.29 is 19.4 Å². The Balaban J connectivity index is 2.08. The number of aliphatic carboxylic acids is 1. The molecule has 1 saturated heterocycles. The molecule has 0 aliphatic carbocycles. The van der Waals surface area contributed by atoms with E-state index in [1.165, 1.54) is 4.90 Å². The topological polar surface area (TPSA) is 116 Å². The van der Waals surface area contributed by atoms with Crippen LogP contribution in [0.2, 0.25) is 0 Å². The Kier molecular flexibility index (Phi) is 6.73. The van der Waals surface area contributed by atoms with Crippen molar-refractivity contribution >= 4 is 17.8 Å². The van der Waals surface area contributed by atoms with Gasteiger partial charge in [0.1, 0.15) is 6.54 Å². The number of morpholine rings is 1. The second kappa shape index (κ2) is 8.79. The monoisotopic (exact) mass is 366 g/mol. The molecular formula is C17H26N4O5. The Hall–Kier alpha value is -2.42. The first-order chi connectivity index (χ1) is 12.3. The number of nitrogens with zero attached hydrogens (tertiary/aromatic N) is 3. The van der Waals surface area contributed by atoms with Crippen LogP contribution in [-0.4, -0.2) is 70.7 Å². The molecule has 1 aromatic rings. The molecule has 0 atom stereocenters. The molecule has 1 fully saturated rings. The molecule has 26 heavy (non-hydrogen) atoms. The molecular weight excluding hydrogens is 340 g/mol. The van der Waals surface area contributed by atoms with Gasteiger partial charge in [0.2, 0.25) is 11.9 Å². The number of carboxylic acids is 1. The van der Waals surface area contributed by atoms with E-state index in [1.807, 2.05) is 4.90 Å². The summed E-state index contributed by atoms with van der Waals surface area (Å²) < 4.78 is 5.29. The van der Waals surface area contributed by atoms with Crippen molar-refractivity contribution in [3.05, 3.63) is 21.6 Å².